The van der Waals surface area contributed by atoms with E-state index < -0.39 is 5.97 Å². The fourth-order valence-corrected chi connectivity index (χ4v) is 1.82. The smallest absolute Gasteiger partial charge is 0.339 e. The SMILES string of the molecule is COCCCCOc1ccc(I)cc1C(=O)O. The number of hydrogen-bond acceptors (Lipinski definition) is 3. The molecule has 0 saturated heterocycles. The number of unbranched alkanes of at least 4 members (excludes halogenated alkanes) is 1. The van der Waals surface area contributed by atoms with E-state index in [1.807, 2.05) is 6.07 Å². The largest absolute Gasteiger partial charge is 0.493 e. The van der Waals surface area contributed by atoms with E-state index in [0.717, 1.165) is 16.4 Å². The molecule has 0 heterocycles. The Bertz CT molecular complexity index is 379. The third-order valence-electron chi connectivity index (χ3n) is 2.17. The van der Waals surface area contributed by atoms with Crippen LogP contribution in [0.3, 0.4) is 0 Å². The van der Waals surface area contributed by atoms with Crippen molar-refractivity contribution in [3.05, 3.63) is 27.3 Å². The molecule has 1 rings (SSSR count). The molecule has 0 saturated carbocycles. The third-order valence-corrected chi connectivity index (χ3v) is 2.84. The zero-order chi connectivity index (χ0) is 12.7. The highest BCUT2D eigenvalue weighted by Crippen LogP contribution is 2.21. The number of aromatic carboxylic acids is 1. The lowest BCUT2D eigenvalue weighted by molar-refractivity contribution is 0.0692. The summed E-state index contributed by atoms with van der Waals surface area (Å²) in [6, 6.07) is 5.13. The first kappa shape index (κ1) is 14.2. The molecule has 0 fully saturated rings. The molecule has 0 amide bonds. The van der Waals surface area contributed by atoms with Crippen LogP contribution in [-0.4, -0.2) is 31.4 Å². The van der Waals surface area contributed by atoms with Gasteiger partial charge in [0, 0.05) is 17.3 Å². The Kier molecular flexibility index (Phi) is 6.28. The number of halogens is 1. The van der Waals surface area contributed by atoms with Gasteiger partial charge in [-0.25, -0.2) is 4.79 Å². The van der Waals surface area contributed by atoms with E-state index in [4.69, 9.17) is 14.6 Å². The van der Waals surface area contributed by atoms with E-state index in [2.05, 4.69) is 22.6 Å². The minimum absolute atomic E-state index is 0.212. The van der Waals surface area contributed by atoms with Crippen LogP contribution in [0.4, 0.5) is 0 Å². The Morgan fingerprint density at radius 1 is 1.35 bits per heavy atom. The van der Waals surface area contributed by atoms with Gasteiger partial charge in [-0.2, -0.15) is 0 Å². The summed E-state index contributed by atoms with van der Waals surface area (Å²) >= 11 is 2.08. The molecule has 0 spiro atoms. The van der Waals surface area contributed by atoms with E-state index in [-0.39, 0.29) is 5.56 Å². The fourth-order valence-electron chi connectivity index (χ4n) is 1.33. The van der Waals surface area contributed by atoms with E-state index >= 15 is 0 Å². The van der Waals surface area contributed by atoms with Crippen molar-refractivity contribution < 1.29 is 19.4 Å². The molecule has 0 aliphatic carbocycles. The van der Waals surface area contributed by atoms with Gasteiger partial charge in [-0.05, 0) is 53.6 Å². The Labute approximate surface area is 114 Å². The zero-order valence-corrected chi connectivity index (χ0v) is 11.8. The summed E-state index contributed by atoms with van der Waals surface area (Å²) in [4.78, 5) is 11.0. The standard InChI is InChI=1S/C12H15IO4/c1-16-6-2-3-7-17-11-5-4-9(13)8-10(11)12(14)15/h4-5,8H,2-3,6-7H2,1H3,(H,14,15). The van der Waals surface area contributed by atoms with Gasteiger partial charge in [-0.3, -0.25) is 0 Å². The van der Waals surface area contributed by atoms with Crippen molar-refractivity contribution in [3.8, 4) is 5.75 Å². The first-order chi connectivity index (χ1) is 8.15. The van der Waals surface area contributed by atoms with Gasteiger partial charge in [-0.15, -0.1) is 0 Å². The van der Waals surface area contributed by atoms with Gasteiger partial charge in [0.15, 0.2) is 0 Å². The maximum absolute atomic E-state index is 11.0. The summed E-state index contributed by atoms with van der Waals surface area (Å²) < 4.78 is 11.3. The molecular formula is C12H15IO4. The van der Waals surface area contributed by atoms with Crippen LogP contribution in [0.2, 0.25) is 0 Å². The van der Waals surface area contributed by atoms with Crippen molar-refractivity contribution >= 4 is 28.6 Å². The molecule has 17 heavy (non-hydrogen) atoms. The van der Waals surface area contributed by atoms with Gasteiger partial charge in [0.2, 0.25) is 0 Å². The van der Waals surface area contributed by atoms with Gasteiger partial charge in [-0.1, -0.05) is 0 Å². The van der Waals surface area contributed by atoms with Crippen LogP contribution >= 0.6 is 22.6 Å². The number of ether oxygens (including phenoxy) is 2. The number of carboxylic acid groups (broad SMARTS) is 1. The summed E-state index contributed by atoms with van der Waals surface area (Å²) in [7, 11) is 1.66. The second-order valence-electron chi connectivity index (χ2n) is 3.49. The van der Waals surface area contributed by atoms with Gasteiger partial charge < -0.3 is 14.6 Å². The molecule has 4 nitrogen and oxygen atoms in total. The van der Waals surface area contributed by atoms with E-state index in [1.165, 1.54) is 0 Å². The average Bonchev–Trinajstić information content (AvgIpc) is 2.30. The molecule has 0 bridgehead atoms. The van der Waals surface area contributed by atoms with Crippen LogP contribution in [0.1, 0.15) is 23.2 Å². The number of benzene rings is 1. The number of carboxylic acids is 1. The maximum Gasteiger partial charge on any atom is 0.339 e. The minimum Gasteiger partial charge on any atom is -0.493 e. The fraction of sp³-hybridized carbons (Fsp3) is 0.417. The summed E-state index contributed by atoms with van der Waals surface area (Å²) in [5, 5.41) is 9.03. The summed E-state index contributed by atoms with van der Waals surface area (Å²) in [5.74, 6) is -0.536. The zero-order valence-electron chi connectivity index (χ0n) is 9.61. The highest BCUT2D eigenvalue weighted by molar-refractivity contribution is 14.1. The van der Waals surface area contributed by atoms with Gasteiger partial charge in [0.05, 0.1) is 6.61 Å². The molecule has 1 aromatic carbocycles. The molecule has 1 N–H and O–H groups in total. The van der Waals surface area contributed by atoms with Crippen molar-refractivity contribution in [2.75, 3.05) is 20.3 Å². The molecule has 0 unspecified atom stereocenters. The number of hydrogen-bond donors (Lipinski definition) is 1. The van der Waals surface area contributed by atoms with Crippen molar-refractivity contribution in [3.63, 3.8) is 0 Å². The molecule has 0 aliphatic heterocycles. The highest BCUT2D eigenvalue weighted by Gasteiger charge is 2.11. The molecular weight excluding hydrogens is 335 g/mol. The van der Waals surface area contributed by atoms with Gasteiger partial charge >= 0.3 is 5.97 Å². The second-order valence-corrected chi connectivity index (χ2v) is 4.74. The van der Waals surface area contributed by atoms with Crippen LogP contribution in [0.5, 0.6) is 5.75 Å². The van der Waals surface area contributed by atoms with E-state index in [1.54, 1.807) is 19.2 Å². The van der Waals surface area contributed by atoms with Crippen molar-refractivity contribution in [1.29, 1.82) is 0 Å². The quantitative estimate of drug-likeness (QED) is 0.607. The molecule has 1 aromatic rings. The van der Waals surface area contributed by atoms with Crippen LogP contribution in [0.15, 0.2) is 18.2 Å². The predicted octanol–water partition coefficient (Wildman–Crippen LogP) is 2.79. The highest BCUT2D eigenvalue weighted by atomic mass is 127. The first-order valence-corrected chi connectivity index (χ1v) is 6.37. The van der Waals surface area contributed by atoms with Crippen molar-refractivity contribution in [2.24, 2.45) is 0 Å². The maximum atomic E-state index is 11.0. The van der Waals surface area contributed by atoms with E-state index in [9.17, 15) is 4.79 Å². The monoisotopic (exact) mass is 350 g/mol. The molecule has 0 aromatic heterocycles. The molecule has 0 atom stereocenters. The van der Waals surface area contributed by atoms with E-state index in [0.29, 0.717) is 19.0 Å². The lowest BCUT2D eigenvalue weighted by Gasteiger charge is -2.09. The van der Waals surface area contributed by atoms with Gasteiger partial charge in [0.1, 0.15) is 11.3 Å². The lowest BCUT2D eigenvalue weighted by Crippen LogP contribution is -2.05. The number of carbonyl (C=O) groups is 1. The summed E-state index contributed by atoms with van der Waals surface area (Å²) in [5.41, 5.74) is 0.212. The van der Waals surface area contributed by atoms with Crippen LogP contribution in [0, 0.1) is 3.57 Å². The second kappa shape index (κ2) is 7.50. The van der Waals surface area contributed by atoms with Crippen LogP contribution in [0.25, 0.3) is 0 Å². The lowest BCUT2D eigenvalue weighted by atomic mass is 10.2. The van der Waals surface area contributed by atoms with Crippen molar-refractivity contribution in [2.45, 2.75) is 12.8 Å². The molecule has 0 radical (unpaired) electrons. The Morgan fingerprint density at radius 2 is 2.06 bits per heavy atom. The van der Waals surface area contributed by atoms with Gasteiger partial charge in [0.25, 0.3) is 0 Å². The third kappa shape index (κ3) is 4.91. The number of rotatable bonds is 7. The van der Waals surface area contributed by atoms with Crippen LogP contribution < -0.4 is 4.74 Å². The van der Waals surface area contributed by atoms with Crippen molar-refractivity contribution in [1.82, 2.24) is 0 Å². The molecule has 94 valence electrons. The average molecular weight is 350 g/mol. The molecule has 0 aliphatic rings. The van der Waals surface area contributed by atoms with Crippen LogP contribution in [-0.2, 0) is 4.74 Å². The Hall–Kier alpha value is -0.820. The minimum atomic E-state index is -0.963. The topological polar surface area (TPSA) is 55.8 Å². The number of methoxy groups -OCH3 is 1. The first-order valence-electron chi connectivity index (χ1n) is 5.29. The molecule has 5 heteroatoms. The summed E-state index contributed by atoms with van der Waals surface area (Å²) in [6.07, 6.45) is 1.75. The Morgan fingerprint density at radius 3 is 2.71 bits per heavy atom. The Balaban J connectivity index is 2.55. The normalized spacial score (nSPS) is 10.2. The summed E-state index contributed by atoms with van der Waals surface area (Å²) in [6.45, 7) is 1.20. The predicted molar refractivity (Wildman–Crippen MR) is 72.7 cm³/mol.